The van der Waals surface area contributed by atoms with Crippen LogP contribution in [0.1, 0.15) is 16.7 Å². The summed E-state index contributed by atoms with van der Waals surface area (Å²) < 4.78 is 0. The number of hydrogen-bond donors (Lipinski definition) is 1. The molecule has 1 aliphatic heterocycles. The Balaban J connectivity index is 1.86. The zero-order valence-electron chi connectivity index (χ0n) is 10.4. The first-order chi connectivity index (χ1) is 7.75. The summed E-state index contributed by atoms with van der Waals surface area (Å²) in [5, 5.41) is 3.39. The van der Waals surface area contributed by atoms with E-state index < -0.39 is 0 Å². The highest BCUT2D eigenvalue weighted by Gasteiger charge is 2.08. The van der Waals surface area contributed by atoms with Gasteiger partial charge in [0.15, 0.2) is 0 Å². The second-order valence-corrected chi connectivity index (χ2v) is 4.76. The van der Waals surface area contributed by atoms with Crippen molar-refractivity contribution < 1.29 is 0 Å². The van der Waals surface area contributed by atoms with Crippen LogP contribution in [0.15, 0.2) is 18.2 Å². The molecule has 1 heterocycles. The second kappa shape index (κ2) is 5.46. The Morgan fingerprint density at radius 1 is 1.12 bits per heavy atom. The maximum Gasteiger partial charge on any atom is 0.0108 e. The van der Waals surface area contributed by atoms with Crippen LogP contribution < -0.4 is 5.32 Å². The van der Waals surface area contributed by atoms with Crippen molar-refractivity contribution in [1.29, 1.82) is 0 Å². The normalized spacial score (nSPS) is 17.6. The van der Waals surface area contributed by atoms with Gasteiger partial charge in [-0.2, -0.15) is 0 Å². The molecule has 2 rings (SSSR count). The minimum atomic E-state index is 1.15. The van der Waals surface area contributed by atoms with E-state index >= 15 is 0 Å². The van der Waals surface area contributed by atoms with Crippen molar-refractivity contribution in [2.75, 3.05) is 32.7 Å². The van der Waals surface area contributed by atoms with Gasteiger partial charge in [-0.25, -0.2) is 0 Å². The first kappa shape index (κ1) is 11.6. The SMILES string of the molecule is Cc1ccc(CCN2CCNCC2)cc1C. The van der Waals surface area contributed by atoms with Crippen LogP contribution >= 0.6 is 0 Å². The largest absolute Gasteiger partial charge is 0.314 e. The van der Waals surface area contributed by atoms with Gasteiger partial charge in [0.1, 0.15) is 0 Å². The van der Waals surface area contributed by atoms with Gasteiger partial charge < -0.3 is 10.2 Å². The third-order valence-electron chi connectivity index (χ3n) is 3.50. The number of benzene rings is 1. The summed E-state index contributed by atoms with van der Waals surface area (Å²) in [6.07, 6.45) is 1.18. The summed E-state index contributed by atoms with van der Waals surface area (Å²) in [7, 11) is 0. The third-order valence-corrected chi connectivity index (χ3v) is 3.50. The molecule has 0 bridgehead atoms. The van der Waals surface area contributed by atoms with Crippen molar-refractivity contribution >= 4 is 0 Å². The molecule has 2 nitrogen and oxygen atoms in total. The minimum Gasteiger partial charge on any atom is -0.314 e. The van der Waals surface area contributed by atoms with Gasteiger partial charge in [-0.1, -0.05) is 18.2 Å². The Morgan fingerprint density at radius 3 is 2.56 bits per heavy atom. The fourth-order valence-electron chi connectivity index (χ4n) is 2.18. The molecule has 0 radical (unpaired) electrons. The van der Waals surface area contributed by atoms with Crippen molar-refractivity contribution in [2.45, 2.75) is 20.3 Å². The summed E-state index contributed by atoms with van der Waals surface area (Å²) in [5.41, 5.74) is 4.28. The van der Waals surface area contributed by atoms with Crippen LogP contribution in [0.2, 0.25) is 0 Å². The number of aryl methyl sites for hydroxylation is 2. The van der Waals surface area contributed by atoms with Gasteiger partial charge in [0.05, 0.1) is 0 Å². The fraction of sp³-hybridized carbons (Fsp3) is 0.571. The molecular weight excluding hydrogens is 196 g/mol. The highest BCUT2D eigenvalue weighted by Crippen LogP contribution is 2.10. The molecule has 16 heavy (non-hydrogen) atoms. The number of nitrogens with one attached hydrogen (secondary N) is 1. The molecule has 0 aromatic heterocycles. The molecule has 1 aliphatic rings. The van der Waals surface area contributed by atoms with E-state index in [9.17, 15) is 0 Å². The minimum absolute atomic E-state index is 1.15. The summed E-state index contributed by atoms with van der Waals surface area (Å²) in [6, 6.07) is 6.84. The van der Waals surface area contributed by atoms with E-state index in [0.717, 1.165) is 13.1 Å². The Kier molecular flexibility index (Phi) is 3.97. The van der Waals surface area contributed by atoms with Gasteiger partial charge in [0.25, 0.3) is 0 Å². The van der Waals surface area contributed by atoms with E-state index in [-0.39, 0.29) is 0 Å². The molecule has 88 valence electrons. The zero-order chi connectivity index (χ0) is 11.4. The number of nitrogens with zero attached hydrogens (tertiary/aromatic N) is 1. The average Bonchev–Trinajstić information content (AvgIpc) is 2.32. The van der Waals surface area contributed by atoms with Crippen molar-refractivity contribution in [3.05, 3.63) is 34.9 Å². The van der Waals surface area contributed by atoms with Crippen LogP contribution in [0, 0.1) is 13.8 Å². The van der Waals surface area contributed by atoms with Gasteiger partial charge in [-0.3, -0.25) is 0 Å². The summed E-state index contributed by atoms with van der Waals surface area (Å²) in [4.78, 5) is 2.55. The molecule has 1 aromatic carbocycles. The summed E-state index contributed by atoms with van der Waals surface area (Å²) in [6.45, 7) is 10.3. The van der Waals surface area contributed by atoms with Crippen LogP contribution in [0.25, 0.3) is 0 Å². The molecule has 2 heteroatoms. The van der Waals surface area contributed by atoms with E-state index in [0.29, 0.717) is 0 Å². The first-order valence-corrected chi connectivity index (χ1v) is 6.25. The predicted molar refractivity (Wildman–Crippen MR) is 68.9 cm³/mol. The summed E-state index contributed by atoms with van der Waals surface area (Å²) in [5.74, 6) is 0. The zero-order valence-corrected chi connectivity index (χ0v) is 10.4. The molecule has 0 atom stereocenters. The van der Waals surface area contributed by atoms with E-state index in [2.05, 4.69) is 42.3 Å². The van der Waals surface area contributed by atoms with Gasteiger partial charge >= 0.3 is 0 Å². The van der Waals surface area contributed by atoms with Gasteiger partial charge in [-0.15, -0.1) is 0 Å². The number of hydrogen-bond acceptors (Lipinski definition) is 2. The van der Waals surface area contributed by atoms with E-state index in [4.69, 9.17) is 0 Å². The first-order valence-electron chi connectivity index (χ1n) is 6.25. The summed E-state index contributed by atoms with van der Waals surface area (Å²) >= 11 is 0. The van der Waals surface area contributed by atoms with Crippen molar-refractivity contribution in [2.24, 2.45) is 0 Å². The maximum absolute atomic E-state index is 3.39. The lowest BCUT2D eigenvalue weighted by Crippen LogP contribution is -2.44. The van der Waals surface area contributed by atoms with Crippen molar-refractivity contribution in [3.63, 3.8) is 0 Å². The maximum atomic E-state index is 3.39. The molecule has 0 spiro atoms. The van der Waals surface area contributed by atoms with Gasteiger partial charge in [-0.05, 0) is 37.0 Å². The Bertz CT molecular complexity index is 341. The fourth-order valence-corrected chi connectivity index (χ4v) is 2.18. The second-order valence-electron chi connectivity index (χ2n) is 4.76. The molecule has 0 saturated carbocycles. The molecule has 1 fully saturated rings. The van der Waals surface area contributed by atoms with Crippen LogP contribution in [0.5, 0.6) is 0 Å². The highest BCUT2D eigenvalue weighted by atomic mass is 15.2. The molecule has 0 unspecified atom stereocenters. The van der Waals surface area contributed by atoms with E-state index in [1.807, 2.05) is 0 Å². The van der Waals surface area contributed by atoms with Gasteiger partial charge in [0, 0.05) is 32.7 Å². The van der Waals surface area contributed by atoms with E-state index in [1.165, 1.54) is 42.7 Å². The quantitative estimate of drug-likeness (QED) is 0.831. The van der Waals surface area contributed by atoms with Gasteiger partial charge in [0.2, 0.25) is 0 Å². The third kappa shape index (κ3) is 3.06. The number of piperazine rings is 1. The smallest absolute Gasteiger partial charge is 0.0108 e. The van der Waals surface area contributed by atoms with Crippen molar-refractivity contribution in [3.8, 4) is 0 Å². The molecule has 1 aromatic rings. The Morgan fingerprint density at radius 2 is 1.88 bits per heavy atom. The highest BCUT2D eigenvalue weighted by molar-refractivity contribution is 5.30. The van der Waals surface area contributed by atoms with Crippen LogP contribution in [-0.4, -0.2) is 37.6 Å². The lowest BCUT2D eigenvalue weighted by molar-refractivity contribution is 0.244. The number of rotatable bonds is 3. The molecular formula is C14H22N2. The average molecular weight is 218 g/mol. The molecule has 0 aliphatic carbocycles. The topological polar surface area (TPSA) is 15.3 Å². The lowest BCUT2D eigenvalue weighted by atomic mass is 10.0. The standard InChI is InChI=1S/C14H22N2/c1-12-3-4-14(11-13(12)2)5-8-16-9-6-15-7-10-16/h3-4,11,15H,5-10H2,1-2H3. The van der Waals surface area contributed by atoms with Crippen LogP contribution in [0.4, 0.5) is 0 Å². The molecule has 1 N–H and O–H groups in total. The van der Waals surface area contributed by atoms with Crippen LogP contribution in [0.3, 0.4) is 0 Å². The monoisotopic (exact) mass is 218 g/mol. The van der Waals surface area contributed by atoms with Crippen LogP contribution in [-0.2, 0) is 6.42 Å². The van der Waals surface area contributed by atoms with Crippen molar-refractivity contribution in [1.82, 2.24) is 10.2 Å². The molecule has 1 saturated heterocycles. The Labute approximate surface area is 98.7 Å². The molecule has 0 amide bonds. The lowest BCUT2D eigenvalue weighted by Gasteiger charge is -2.27. The van der Waals surface area contributed by atoms with E-state index in [1.54, 1.807) is 0 Å². The predicted octanol–water partition coefficient (Wildman–Crippen LogP) is 1.75. The Hall–Kier alpha value is -0.860.